The predicted molar refractivity (Wildman–Crippen MR) is 67.7 cm³/mol. The van der Waals surface area contributed by atoms with Gasteiger partial charge in [-0.1, -0.05) is 11.6 Å². The smallest absolute Gasteiger partial charge is 0.322 e. The number of carbonyl (C=O) groups is 1. The molecule has 0 aromatic carbocycles. The maximum Gasteiger partial charge on any atom is 0.322 e. The molecule has 2 rings (SSSR count). The molecule has 0 saturated carbocycles. The van der Waals surface area contributed by atoms with E-state index >= 15 is 0 Å². The second-order valence-corrected chi connectivity index (χ2v) is 4.88. The van der Waals surface area contributed by atoms with Crippen LogP contribution < -0.4 is 5.32 Å². The summed E-state index contributed by atoms with van der Waals surface area (Å²) in [6.07, 6.45) is 0. The first-order chi connectivity index (χ1) is 8.50. The van der Waals surface area contributed by atoms with E-state index in [-0.39, 0.29) is 0 Å². The molecule has 18 heavy (non-hydrogen) atoms. The number of aromatic nitrogens is 2. The van der Waals surface area contributed by atoms with Gasteiger partial charge in [0, 0.05) is 33.2 Å². The van der Waals surface area contributed by atoms with Gasteiger partial charge in [0.05, 0.1) is 16.4 Å². The maximum atomic E-state index is 11.2. The average Bonchev–Trinajstić information content (AvgIpc) is 2.56. The fourth-order valence-corrected chi connectivity index (χ4v) is 2.44. The van der Waals surface area contributed by atoms with Gasteiger partial charge in [-0.3, -0.25) is 14.4 Å². The van der Waals surface area contributed by atoms with Crippen LogP contribution in [0.25, 0.3) is 0 Å². The third-order valence-electron chi connectivity index (χ3n) is 3.25. The van der Waals surface area contributed by atoms with Crippen molar-refractivity contribution in [3.8, 4) is 0 Å². The third-order valence-corrected chi connectivity index (χ3v) is 3.75. The maximum absolute atomic E-state index is 11.2. The summed E-state index contributed by atoms with van der Waals surface area (Å²) >= 11 is 6.19. The number of hydrogen-bond acceptors (Lipinski definition) is 4. The molecule has 2 N–H and O–H groups in total. The second-order valence-electron chi connectivity index (χ2n) is 4.50. The number of aliphatic carboxylic acids is 1. The molecular formula is C11H17ClN4O2. The predicted octanol–water partition coefficient (Wildman–Crippen LogP) is 0.240. The van der Waals surface area contributed by atoms with Crippen LogP contribution in [-0.4, -0.2) is 51.4 Å². The number of rotatable bonds is 3. The molecule has 1 unspecified atom stereocenters. The largest absolute Gasteiger partial charge is 0.480 e. The summed E-state index contributed by atoms with van der Waals surface area (Å²) in [5.74, 6) is -0.808. The Kier molecular flexibility index (Phi) is 3.89. The minimum atomic E-state index is -0.808. The molecule has 100 valence electrons. The lowest BCUT2D eigenvalue weighted by atomic mass is 10.2. The van der Waals surface area contributed by atoms with Crippen molar-refractivity contribution in [2.75, 3.05) is 19.6 Å². The Bertz CT molecular complexity index is 460. The molecule has 0 amide bonds. The highest BCUT2D eigenvalue weighted by Gasteiger charge is 2.29. The molecule has 2 heterocycles. The normalized spacial score (nSPS) is 21.2. The molecular weight excluding hydrogens is 256 g/mol. The van der Waals surface area contributed by atoms with Crippen LogP contribution in [0.1, 0.15) is 11.4 Å². The van der Waals surface area contributed by atoms with Crippen LogP contribution in [0.4, 0.5) is 0 Å². The molecule has 0 bridgehead atoms. The molecule has 1 aromatic heterocycles. The monoisotopic (exact) mass is 272 g/mol. The van der Waals surface area contributed by atoms with E-state index in [0.29, 0.717) is 24.7 Å². The Morgan fingerprint density at radius 1 is 1.67 bits per heavy atom. The third kappa shape index (κ3) is 2.50. The Labute approximate surface area is 111 Å². The van der Waals surface area contributed by atoms with Crippen LogP contribution in [0.15, 0.2) is 0 Å². The van der Waals surface area contributed by atoms with Crippen molar-refractivity contribution in [3.05, 3.63) is 16.4 Å². The average molecular weight is 273 g/mol. The minimum absolute atomic E-state index is 0.462. The van der Waals surface area contributed by atoms with E-state index in [1.54, 1.807) is 4.68 Å². The number of halogens is 1. The van der Waals surface area contributed by atoms with E-state index in [0.717, 1.165) is 17.9 Å². The van der Waals surface area contributed by atoms with Crippen LogP contribution in [-0.2, 0) is 18.4 Å². The zero-order valence-electron chi connectivity index (χ0n) is 10.5. The number of carboxylic acids is 1. The van der Waals surface area contributed by atoms with Crippen molar-refractivity contribution in [1.82, 2.24) is 20.0 Å². The van der Waals surface area contributed by atoms with E-state index in [9.17, 15) is 9.90 Å². The summed E-state index contributed by atoms with van der Waals surface area (Å²) in [6.45, 7) is 4.30. The second kappa shape index (κ2) is 5.26. The van der Waals surface area contributed by atoms with Gasteiger partial charge in [-0.05, 0) is 6.92 Å². The van der Waals surface area contributed by atoms with Crippen LogP contribution in [0.2, 0.25) is 5.02 Å². The van der Waals surface area contributed by atoms with Crippen molar-refractivity contribution in [3.63, 3.8) is 0 Å². The lowest BCUT2D eigenvalue weighted by Gasteiger charge is -2.33. The summed E-state index contributed by atoms with van der Waals surface area (Å²) in [5, 5.41) is 17.1. The van der Waals surface area contributed by atoms with Crippen molar-refractivity contribution < 1.29 is 9.90 Å². The standard InChI is InChI=1S/C11H17ClN4O2/c1-7-10(12)9(15(2)14-7)6-16-4-3-13-5-8(16)11(17)18/h8,13H,3-6H2,1-2H3,(H,17,18). The van der Waals surface area contributed by atoms with Crippen LogP contribution in [0, 0.1) is 6.92 Å². The number of carboxylic acid groups (broad SMARTS) is 1. The van der Waals surface area contributed by atoms with Gasteiger partial charge < -0.3 is 10.4 Å². The quantitative estimate of drug-likeness (QED) is 0.825. The molecule has 1 aliphatic heterocycles. The molecule has 7 heteroatoms. The number of nitrogens with one attached hydrogen (secondary N) is 1. The van der Waals surface area contributed by atoms with E-state index in [4.69, 9.17) is 11.6 Å². The molecule has 0 radical (unpaired) electrons. The van der Waals surface area contributed by atoms with Gasteiger partial charge in [0.15, 0.2) is 0 Å². The molecule has 1 atom stereocenters. The fourth-order valence-electron chi connectivity index (χ4n) is 2.22. The first-order valence-corrected chi connectivity index (χ1v) is 6.24. The highest BCUT2D eigenvalue weighted by atomic mass is 35.5. The lowest BCUT2D eigenvalue weighted by molar-refractivity contribution is -0.144. The van der Waals surface area contributed by atoms with Gasteiger partial charge >= 0.3 is 5.97 Å². The first kappa shape index (κ1) is 13.3. The summed E-state index contributed by atoms with van der Waals surface area (Å²) in [5.41, 5.74) is 1.64. The molecule has 1 aliphatic rings. The van der Waals surface area contributed by atoms with Gasteiger partial charge in [0.25, 0.3) is 0 Å². The Hall–Kier alpha value is -1.11. The van der Waals surface area contributed by atoms with Crippen molar-refractivity contribution in [1.29, 1.82) is 0 Å². The molecule has 6 nitrogen and oxygen atoms in total. The zero-order chi connectivity index (χ0) is 13.3. The first-order valence-electron chi connectivity index (χ1n) is 5.86. The summed E-state index contributed by atoms with van der Waals surface area (Å²) in [6, 6.07) is -0.509. The molecule has 0 aliphatic carbocycles. The van der Waals surface area contributed by atoms with Gasteiger partial charge in [-0.15, -0.1) is 0 Å². The van der Waals surface area contributed by atoms with E-state index in [1.165, 1.54) is 0 Å². The topological polar surface area (TPSA) is 70.4 Å². The Morgan fingerprint density at radius 2 is 2.39 bits per heavy atom. The van der Waals surface area contributed by atoms with E-state index < -0.39 is 12.0 Å². The lowest BCUT2D eigenvalue weighted by Crippen LogP contribution is -2.54. The van der Waals surface area contributed by atoms with Crippen LogP contribution in [0.5, 0.6) is 0 Å². The minimum Gasteiger partial charge on any atom is -0.480 e. The van der Waals surface area contributed by atoms with Gasteiger partial charge in [0.1, 0.15) is 6.04 Å². The molecule has 1 saturated heterocycles. The Morgan fingerprint density at radius 3 is 2.94 bits per heavy atom. The number of nitrogens with zero attached hydrogens (tertiary/aromatic N) is 3. The van der Waals surface area contributed by atoms with Crippen molar-refractivity contribution in [2.45, 2.75) is 19.5 Å². The van der Waals surface area contributed by atoms with Gasteiger partial charge in [-0.2, -0.15) is 5.10 Å². The number of hydrogen-bond donors (Lipinski definition) is 2. The summed E-state index contributed by atoms with van der Waals surface area (Å²) in [4.78, 5) is 13.1. The van der Waals surface area contributed by atoms with Crippen LogP contribution >= 0.6 is 11.6 Å². The zero-order valence-corrected chi connectivity index (χ0v) is 11.2. The van der Waals surface area contributed by atoms with E-state index in [2.05, 4.69) is 10.4 Å². The highest BCUT2D eigenvalue weighted by molar-refractivity contribution is 6.31. The molecule has 0 spiro atoms. The molecule has 1 fully saturated rings. The molecule has 1 aromatic rings. The van der Waals surface area contributed by atoms with Gasteiger partial charge in [0.2, 0.25) is 0 Å². The number of piperazine rings is 1. The van der Waals surface area contributed by atoms with Gasteiger partial charge in [-0.25, -0.2) is 0 Å². The van der Waals surface area contributed by atoms with Crippen molar-refractivity contribution >= 4 is 17.6 Å². The highest BCUT2D eigenvalue weighted by Crippen LogP contribution is 2.22. The fraction of sp³-hybridized carbons (Fsp3) is 0.636. The SMILES string of the molecule is Cc1nn(C)c(CN2CCNCC2C(=O)O)c1Cl. The van der Waals surface area contributed by atoms with E-state index in [1.807, 2.05) is 18.9 Å². The summed E-state index contributed by atoms with van der Waals surface area (Å²) in [7, 11) is 1.83. The number of aryl methyl sites for hydroxylation is 2. The van der Waals surface area contributed by atoms with Crippen LogP contribution in [0.3, 0.4) is 0 Å². The summed E-state index contributed by atoms with van der Waals surface area (Å²) < 4.78 is 1.72. The van der Waals surface area contributed by atoms with Crippen molar-refractivity contribution in [2.24, 2.45) is 7.05 Å². The Balaban J connectivity index is 2.18.